The van der Waals surface area contributed by atoms with Gasteiger partial charge in [0.1, 0.15) is 17.2 Å². The van der Waals surface area contributed by atoms with E-state index in [4.69, 9.17) is 4.74 Å². The highest BCUT2D eigenvalue weighted by molar-refractivity contribution is 5.92. The zero-order valence-corrected chi connectivity index (χ0v) is 21.5. The number of nitrogens with zero attached hydrogens (tertiary/aromatic N) is 2. The number of alkyl halides is 3. The van der Waals surface area contributed by atoms with Crippen molar-refractivity contribution in [2.45, 2.75) is 19.3 Å². The summed E-state index contributed by atoms with van der Waals surface area (Å²) >= 11 is 0. The molecule has 4 N–H and O–H groups in total. The van der Waals surface area contributed by atoms with Crippen molar-refractivity contribution in [2.75, 3.05) is 32.0 Å². The van der Waals surface area contributed by atoms with Crippen LogP contribution in [0.2, 0.25) is 0 Å². The number of benzene rings is 2. The van der Waals surface area contributed by atoms with E-state index in [0.29, 0.717) is 35.7 Å². The fraction of sp³-hybridized carbons (Fsp3) is 0.259. The number of pyridine rings is 1. The van der Waals surface area contributed by atoms with Crippen LogP contribution in [0.5, 0.6) is 11.5 Å². The Hall–Kier alpha value is -4.65. The van der Waals surface area contributed by atoms with E-state index in [9.17, 15) is 27.6 Å². The summed E-state index contributed by atoms with van der Waals surface area (Å²) in [6.45, 7) is 1.28. The first-order chi connectivity index (χ1) is 19.1. The molecule has 0 bridgehead atoms. The first-order valence-corrected chi connectivity index (χ1v) is 12.3. The van der Waals surface area contributed by atoms with E-state index in [1.54, 1.807) is 30.3 Å². The van der Waals surface area contributed by atoms with Gasteiger partial charge >= 0.3 is 12.2 Å². The summed E-state index contributed by atoms with van der Waals surface area (Å²) in [5.41, 5.74) is 0.353. The largest absolute Gasteiger partial charge is 0.457 e. The second-order valence-corrected chi connectivity index (χ2v) is 8.87. The van der Waals surface area contributed by atoms with Gasteiger partial charge in [-0.05, 0) is 41.5 Å². The molecule has 3 aromatic rings. The number of piperazine rings is 1. The number of anilines is 1. The van der Waals surface area contributed by atoms with Crippen molar-refractivity contribution in [3.63, 3.8) is 0 Å². The Morgan fingerprint density at radius 1 is 1.07 bits per heavy atom. The predicted molar refractivity (Wildman–Crippen MR) is 140 cm³/mol. The molecule has 1 aromatic heterocycles. The maximum atomic E-state index is 13.3. The van der Waals surface area contributed by atoms with Gasteiger partial charge in [0.15, 0.2) is 0 Å². The summed E-state index contributed by atoms with van der Waals surface area (Å²) in [5, 5.41) is 10.5. The Kier molecular flexibility index (Phi) is 8.84. The van der Waals surface area contributed by atoms with Crippen LogP contribution >= 0.6 is 0 Å². The van der Waals surface area contributed by atoms with Crippen LogP contribution in [-0.4, -0.2) is 54.4 Å². The minimum absolute atomic E-state index is 0.0316. The molecule has 0 saturated carbocycles. The monoisotopic (exact) mass is 556 g/mol. The fourth-order valence-electron chi connectivity index (χ4n) is 3.91. The van der Waals surface area contributed by atoms with E-state index in [1.165, 1.54) is 30.3 Å². The zero-order chi connectivity index (χ0) is 28.7. The summed E-state index contributed by atoms with van der Waals surface area (Å²) < 4.78 is 45.8. The summed E-state index contributed by atoms with van der Waals surface area (Å²) in [6, 6.07) is 12.2. The Labute approximate surface area is 227 Å². The first-order valence-electron chi connectivity index (χ1n) is 12.3. The van der Waals surface area contributed by atoms with Crippen LogP contribution in [0.15, 0.2) is 60.8 Å². The van der Waals surface area contributed by atoms with Crippen LogP contribution in [0.3, 0.4) is 0 Å². The standard InChI is InChI=1S/C27H27F3N6O4/c1-31-25(38)23-13-21(8-9-33-23)40-20-6-2-17(3-7-20)14-34-26(39)35-22-12-19(27(28,29)30)5-4-18(22)16-36-11-10-32-15-24(36)37/h2-9,12-13,32H,10-11,14-16H2,1H3,(H,31,38)(H2,34,35,39). The third-order valence-corrected chi connectivity index (χ3v) is 6.04. The van der Waals surface area contributed by atoms with Crippen molar-refractivity contribution >= 4 is 23.5 Å². The van der Waals surface area contributed by atoms with Gasteiger partial charge in [-0.15, -0.1) is 0 Å². The van der Waals surface area contributed by atoms with Gasteiger partial charge in [0.2, 0.25) is 5.91 Å². The highest BCUT2D eigenvalue weighted by atomic mass is 19.4. The Morgan fingerprint density at radius 2 is 1.85 bits per heavy atom. The summed E-state index contributed by atoms with van der Waals surface area (Å²) in [7, 11) is 1.50. The predicted octanol–water partition coefficient (Wildman–Crippen LogP) is 3.51. The Morgan fingerprint density at radius 3 is 2.55 bits per heavy atom. The van der Waals surface area contributed by atoms with Crippen LogP contribution in [0.1, 0.15) is 27.2 Å². The highest BCUT2D eigenvalue weighted by Gasteiger charge is 2.31. The van der Waals surface area contributed by atoms with Crippen molar-refractivity contribution in [3.8, 4) is 11.5 Å². The van der Waals surface area contributed by atoms with Crippen molar-refractivity contribution in [2.24, 2.45) is 0 Å². The topological polar surface area (TPSA) is 125 Å². The van der Waals surface area contributed by atoms with Gasteiger partial charge in [0, 0.05) is 51.2 Å². The highest BCUT2D eigenvalue weighted by Crippen LogP contribution is 2.33. The summed E-state index contributed by atoms with van der Waals surface area (Å²) in [6.07, 6.45) is -3.14. The molecule has 1 fully saturated rings. The molecule has 0 spiro atoms. The number of hydrogen-bond donors (Lipinski definition) is 4. The van der Waals surface area contributed by atoms with Gasteiger partial charge in [0.25, 0.3) is 5.91 Å². The van der Waals surface area contributed by atoms with Gasteiger partial charge in [0.05, 0.1) is 12.1 Å². The molecule has 1 aliphatic heterocycles. The normalized spacial score (nSPS) is 13.5. The number of rotatable bonds is 8. The lowest BCUT2D eigenvalue weighted by atomic mass is 10.1. The lowest BCUT2D eigenvalue weighted by Gasteiger charge is -2.28. The molecule has 1 aliphatic rings. The molecule has 0 atom stereocenters. The number of urea groups is 1. The van der Waals surface area contributed by atoms with Gasteiger partial charge in [-0.2, -0.15) is 13.2 Å². The lowest BCUT2D eigenvalue weighted by Crippen LogP contribution is -2.47. The minimum Gasteiger partial charge on any atom is -0.457 e. The van der Waals surface area contributed by atoms with E-state index < -0.39 is 17.8 Å². The molecule has 2 aromatic carbocycles. The van der Waals surface area contributed by atoms with E-state index >= 15 is 0 Å². The molecule has 10 nitrogen and oxygen atoms in total. The second kappa shape index (κ2) is 12.5. The number of ether oxygens (including phenoxy) is 1. The van der Waals surface area contributed by atoms with E-state index in [-0.39, 0.29) is 42.8 Å². The van der Waals surface area contributed by atoms with Crippen molar-refractivity contribution in [1.82, 2.24) is 25.8 Å². The maximum absolute atomic E-state index is 13.3. The van der Waals surface area contributed by atoms with Crippen molar-refractivity contribution < 1.29 is 32.3 Å². The number of amides is 4. The third-order valence-electron chi connectivity index (χ3n) is 6.04. The van der Waals surface area contributed by atoms with E-state index in [2.05, 4.69) is 26.3 Å². The van der Waals surface area contributed by atoms with Crippen LogP contribution in [-0.2, 0) is 24.1 Å². The second-order valence-electron chi connectivity index (χ2n) is 8.87. The smallest absolute Gasteiger partial charge is 0.416 e. The number of carbonyl (C=O) groups is 3. The van der Waals surface area contributed by atoms with Gasteiger partial charge < -0.3 is 30.9 Å². The van der Waals surface area contributed by atoms with Crippen LogP contribution < -0.4 is 26.0 Å². The molecule has 40 heavy (non-hydrogen) atoms. The number of nitrogens with one attached hydrogen (secondary N) is 4. The summed E-state index contributed by atoms with van der Waals surface area (Å²) in [5.74, 6) is 0.376. The SMILES string of the molecule is CNC(=O)c1cc(Oc2ccc(CNC(=O)Nc3cc(C(F)(F)F)ccc3CN3CCNCC3=O)cc2)ccn1. The molecule has 13 heteroatoms. The Bertz CT molecular complexity index is 1380. The van der Waals surface area contributed by atoms with Crippen molar-refractivity contribution in [1.29, 1.82) is 0 Å². The molecular weight excluding hydrogens is 529 g/mol. The molecule has 1 saturated heterocycles. The van der Waals surface area contributed by atoms with Crippen molar-refractivity contribution in [3.05, 3.63) is 83.2 Å². The fourth-order valence-corrected chi connectivity index (χ4v) is 3.91. The third kappa shape index (κ3) is 7.47. The molecule has 0 aliphatic carbocycles. The van der Waals surface area contributed by atoms with Gasteiger partial charge in [-0.1, -0.05) is 18.2 Å². The molecule has 2 heterocycles. The van der Waals surface area contributed by atoms with Gasteiger partial charge in [-0.3, -0.25) is 14.6 Å². The molecule has 0 unspecified atom stereocenters. The average Bonchev–Trinajstić information content (AvgIpc) is 2.94. The number of halogens is 3. The zero-order valence-electron chi connectivity index (χ0n) is 21.5. The first kappa shape index (κ1) is 28.4. The summed E-state index contributed by atoms with van der Waals surface area (Å²) in [4.78, 5) is 42.0. The van der Waals surface area contributed by atoms with Gasteiger partial charge in [-0.25, -0.2) is 4.79 Å². The molecular formula is C27H27F3N6O4. The average molecular weight is 557 g/mol. The molecule has 0 radical (unpaired) electrons. The van der Waals surface area contributed by atoms with E-state index in [0.717, 1.165) is 12.1 Å². The number of carbonyl (C=O) groups excluding carboxylic acids is 3. The molecule has 4 rings (SSSR count). The number of aromatic nitrogens is 1. The Balaban J connectivity index is 1.38. The molecule has 210 valence electrons. The lowest BCUT2D eigenvalue weighted by molar-refractivity contribution is -0.137. The minimum atomic E-state index is -4.60. The quantitative estimate of drug-likeness (QED) is 0.337. The number of hydrogen-bond acceptors (Lipinski definition) is 6. The van der Waals surface area contributed by atoms with Crippen LogP contribution in [0.25, 0.3) is 0 Å². The van der Waals surface area contributed by atoms with Crippen LogP contribution in [0, 0.1) is 0 Å². The van der Waals surface area contributed by atoms with E-state index in [1.807, 2.05) is 0 Å². The maximum Gasteiger partial charge on any atom is 0.416 e. The molecule has 4 amide bonds. The van der Waals surface area contributed by atoms with Crippen LogP contribution in [0.4, 0.5) is 23.7 Å².